The van der Waals surface area contributed by atoms with Gasteiger partial charge in [0.15, 0.2) is 5.82 Å². The van der Waals surface area contributed by atoms with Crippen LogP contribution in [0.1, 0.15) is 18.3 Å². The van der Waals surface area contributed by atoms with Gasteiger partial charge in [-0.25, -0.2) is 9.97 Å². The smallest absolute Gasteiger partial charge is 0.157 e. The SMILES string of the molecule is CCOCc1nc(NC)cc(-c2cnccc2C)n1. The average molecular weight is 258 g/mol. The zero-order valence-electron chi connectivity index (χ0n) is 11.5. The average Bonchev–Trinajstić information content (AvgIpc) is 2.45. The number of nitrogens with one attached hydrogen (secondary N) is 1. The van der Waals surface area contributed by atoms with Crippen LogP contribution in [0.15, 0.2) is 24.5 Å². The van der Waals surface area contributed by atoms with Crippen molar-refractivity contribution in [2.24, 2.45) is 0 Å². The highest BCUT2D eigenvalue weighted by molar-refractivity contribution is 5.64. The van der Waals surface area contributed by atoms with Gasteiger partial charge in [-0.3, -0.25) is 4.98 Å². The van der Waals surface area contributed by atoms with Crippen molar-refractivity contribution < 1.29 is 4.74 Å². The second-order valence-electron chi connectivity index (χ2n) is 4.13. The van der Waals surface area contributed by atoms with E-state index < -0.39 is 0 Å². The quantitative estimate of drug-likeness (QED) is 0.892. The fraction of sp³-hybridized carbons (Fsp3) is 0.357. The van der Waals surface area contributed by atoms with Crippen LogP contribution < -0.4 is 5.32 Å². The maximum absolute atomic E-state index is 5.37. The van der Waals surface area contributed by atoms with Gasteiger partial charge in [-0.2, -0.15) is 0 Å². The molecular weight excluding hydrogens is 240 g/mol. The number of aromatic nitrogens is 3. The Morgan fingerprint density at radius 1 is 1.32 bits per heavy atom. The number of hydrogen-bond donors (Lipinski definition) is 1. The minimum Gasteiger partial charge on any atom is -0.374 e. The van der Waals surface area contributed by atoms with Gasteiger partial charge in [-0.15, -0.1) is 0 Å². The van der Waals surface area contributed by atoms with Crippen molar-refractivity contribution in [3.05, 3.63) is 35.9 Å². The first-order valence-electron chi connectivity index (χ1n) is 6.29. The first kappa shape index (κ1) is 13.4. The molecule has 19 heavy (non-hydrogen) atoms. The third kappa shape index (κ3) is 3.26. The number of anilines is 1. The Balaban J connectivity index is 2.42. The van der Waals surface area contributed by atoms with Crippen LogP contribution in [0, 0.1) is 6.92 Å². The molecule has 0 saturated heterocycles. The van der Waals surface area contributed by atoms with Crippen LogP contribution in [0.3, 0.4) is 0 Å². The fourth-order valence-electron chi connectivity index (χ4n) is 1.75. The largest absolute Gasteiger partial charge is 0.374 e. The molecule has 0 aliphatic carbocycles. The number of aryl methyl sites for hydroxylation is 1. The molecule has 2 rings (SSSR count). The molecule has 5 heteroatoms. The third-order valence-electron chi connectivity index (χ3n) is 2.78. The normalized spacial score (nSPS) is 10.5. The Bertz CT molecular complexity index is 557. The first-order valence-corrected chi connectivity index (χ1v) is 6.29. The predicted octanol–water partition coefficient (Wildman–Crippen LogP) is 2.43. The summed E-state index contributed by atoms with van der Waals surface area (Å²) in [5.74, 6) is 1.45. The lowest BCUT2D eigenvalue weighted by molar-refractivity contribution is 0.128. The minimum atomic E-state index is 0.415. The molecule has 1 N–H and O–H groups in total. The van der Waals surface area contributed by atoms with E-state index in [1.807, 2.05) is 39.2 Å². The third-order valence-corrected chi connectivity index (χ3v) is 2.78. The Morgan fingerprint density at radius 3 is 2.84 bits per heavy atom. The lowest BCUT2D eigenvalue weighted by atomic mass is 10.1. The van der Waals surface area contributed by atoms with Gasteiger partial charge in [0, 0.05) is 37.7 Å². The lowest BCUT2D eigenvalue weighted by Gasteiger charge is -2.09. The zero-order valence-corrected chi connectivity index (χ0v) is 11.5. The lowest BCUT2D eigenvalue weighted by Crippen LogP contribution is -2.04. The van der Waals surface area contributed by atoms with E-state index in [-0.39, 0.29) is 0 Å². The first-order chi connectivity index (χ1) is 9.24. The molecule has 0 spiro atoms. The second kappa shape index (κ2) is 6.24. The summed E-state index contributed by atoms with van der Waals surface area (Å²) in [4.78, 5) is 13.1. The summed E-state index contributed by atoms with van der Waals surface area (Å²) < 4.78 is 5.37. The van der Waals surface area contributed by atoms with Gasteiger partial charge in [0.1, 0.15) is 12.4 Å². The van der Waals surface area contributed by atoms with E-state index in [0.29, 0.717) is 19.0 Å². The number of nitrogens with zero attached hydrogens (tertiary/aromatic N) is 3. The van der Waals surface area contributed by atoms with Crippen LogP contribution in [-0.2, 0) is 11.3 Å². The molecule has 0 atom stereocenters. The van der Waals surface area contributed by atoms with Gasteiger partial charge in [0.05, 0.1) is 5.69 Å². The summed E-state index contributed by atoms with van der Waals surface area (Å²) in [5, 5.41) is 3.05. The summed E-state index contributed by atoms with van der Waals surface area (Å²) in [6.45, 7) is 5.06. The second-order valence-corrected chi connectivity index (χ2v) is 4.13. The molecule has 5 nitrogen and oxygen atoms in total. The van der Waals surface area contributed by atoms with E-state index in [1.54, 1.807) is 6.20 Å². The topological polar surface area (TPSA) is 59.9 Å². The standard InChI is InChI=1S/C14H18N4O/c1-4-19-9-14-17-12(7-13(15-3)18-14)11-8-16-6-5-10(11)2/h5-8H,4,9H2,1-3H3,(H,15,17,18). The highest BCUT2D eigenvalue weighted by Crippen LogP contribution is 2.22. The van der Waals surface area contributed by atoms with E-state index >= 15 is 0 Å². The van der Waals surface area contributed by atoms with Crippen LogP contribution >= 0.6 is 0 Å². The summed E-state index contributed by atoms with van der Waals surface area (Å²) in [6.07, 6.45) is 3.60. The summed E-state index contributed by atoms with van der Waals surface area (Å²) in [7, 11) is 1.84. The molecule has 0 amide bonds. The van der Waals surface area contributed by atoms with Crippen molar-refractivity contribution in [1.82, 2.24) is 15.0 Å². The highest BCUT2D eigenvalue weighted by Gasteiger charge is 2.08. The van der Waals surface area contributed by atoms with Gasteiger partial charge in [0.2, 0.25) is 0 Å². The van der Waals surface area contributed by atoms with Crippen LogP contribution in [0.2, 0.25) is 0 Å². The Labute approximate surface area is 113 Å². The van der Waals surface area contributed by atoms with Gasteiger partial charge >= 0.3 is 0 Å². The monoisotopic (exact) mass is 258 g/mol. The molecule has 100 valence electrons. The van der Waals surface area contributed by atoms with Gasteiger partial charge in [-0.05, 0) is 25.5 Å². The number of ether oxygens (including phenoxy) is 1. The van der Waals surface area contributed by atoms with Crippen molar-refractivity contribution in [3.8, 4) is 11.3 Å². The Hall–Kier alpha value is -2.01. The summed E-state index contributed by atoms with van der Waals surface area (Å²) >= 11 is 0. The van der Waals surface area contributed by atoms with Crippen LogP contribution in [0.25, 0.3) is 11.3 Å². The van der Waals surface area contributed by atoms with Gasteiger partial charge in [-0.1, -0.05) is 0 Å². The minimum absolute atomic E-state index is 0.415. The van der Waals surface area contributed by atoms with Crippen molar-refractivity contribution in [3.63, 3.8) is 0 Å². The van der Waals surface area contributed by atoms with Crippen LogP contribution in [0.4, 0.5) is 5.82 Å². The predicted molar refractivity (Wildman–Crippen MR) is 74.9 cm³/mol. The Kier molecular flexibility index (Phi) is 4.41. The molecule has 0 aromatic carbocycles. The van der Waals surface area contributed by atoms with Gasteiger partial charge in [0.25, 0.3) is 0 Å². The van der Waals surface area contributed by atoms with Crippen molar-refractivity contribution in [2.75, 3.05) is 19.0 Å². The maximum atomic E-state index is 5.37. The molecule has 2 aromatic heterocycles. The fourth-order valence-corrected chi connectivity index (χ4v) is 1.75. The van der Waals surface area contributed by atoms with E-state index in [9.17, 15) is 0 Å². The molecule has 2 heterocycles. The van der Waals surface area contributed by atoms with Crippen LogP contribution in [0.5, 0.6) is 0 Å². The van der Waals surface area contributed by atoms with E-state index in [0.717, 1.165) is 22.6 Å². The van der Waals surface area contributed by atoms with Crippen molar-refractivity contribution >= 4 is 5.82 Å². The summed E-state index contributed by atoms with van der Waals surface area (Å²) in [6, 6.07) is 3.89. The molecule has 0 fully saturated rings. The zero-order chi connectivity index (χ0) is 13.7. The maximum Gasteiger partial charge on any atom is 0.157 e. The molecule has 0 bridgehead atoms. The van der Waals surface area contributed by atoms with E-state index in [2.05, 4.69) is 20.3 Å². The van der Waals surface area contributed by atoms with E-state index in [4.69, 9.17) is 4.74 Å². The number of hydrogen-bond acceptors (Lipinski definition) is 5. The highest BCUT2D eigenvalue weighted by atomic mass is 16.5. The molecular formula is C14H18N4O. The van der Waals surface area contributed by atoms with E-state index in [1.165, 1.54) is 0 Å². The molecule has 0 aliphatic heterocycles. The number of pyridine rings is 1. The van der Waals surface area contributed by atoms with Crippen molar-refractivity contribution in [2.45, 2.75) is 20.5 Å². The number of rotatable bonds is 5. The van der Waals surface area contributed by atoms with Crippen LogP contribution in [-0.4, -0.2) is 28.6 Å². The molecule has 0 radical (unpaired) electrons. The van der Waals surface area contributed by atoms with Gasteiger partial charge < -0.3 is 10.1 Å². The Morgan fingerprint density at radius 2 is 2.16 bits per heavy atom. The molecule has 2 aromatic rings. The molecule has 0 unspecified atom stereocenters. The molecule has 0 saturated carbocycles. The molecule has 0 aliphatic rings. The summed E-state index contributed by atoms with van der Waals surface area (Å²) in [5.41, 5.74) is 3.01. The van der Waals surface area contributed by atoms with Crippen molar-refractivity contribution in [1.29, 1.82) is 0 Å².